The minimum Gasteiger partial charge on any atom is -0.384 e. The molecule has 7 nitrogen and oxygen atoms in total. The number of aromatic nitrogens is 2. The molecule has 0 bridgehead atoms. The minimum absolute atomic E-state index is 0.0889. The summed E-state index contributed by atoms with van der Waals surface area (Å²) in [5.74, 6) is 1.73. The van der Waals surface area contributed by atoms with E-state index in [1.807, 2.05) is 18.9 Å². The SMILES string of the molecule is CCOCc1nc(N)cc(N2CCCN(C)C(=O)C2)n1. The van der Waals surface area contributed by atoms with Gasteiger partial charge in [0.2, 0.25) is 5.91 Å². The van der Waals surface area contributed by atoms with Crippen molar-refractivity contribution in [2.45, 2.75) is 20.0 Å². The van der Waals surface area contributed by atoms with Gasteiger partial charge in [0.25, 0.3) is 0 Å². The number of amides is 1. The van der Waals surface area contributed by atoms with Crippen LogP contribution in [0.2, 0.25) is 0 Å². The number of anilines is 2. The Kier molecular flexibility index (Phi) is 4.73. The van der Waals surface area contributed by atoms with Gasteiger partial charge in [-0.2, -0.15) is 0 Å². The lowest BCUT2D eigenvalue weighted by Crippen LogP contribution is -2.35. The van der Waals surface area contributed by atoms with Gasteiger partial charge >= 0.3 is 0 Å². The maximum absolute atomic E-state index is 11.9. The van der Waals surface area contributed by atoms with Crippen LogP contribution in [0.25, 0.3) is 0 Å². The maximum Gasteiger partial charge on any atom is 0.241 e. The maximum atomic E-state index is 11.9. The lowest BCUT2D eigenvalue weighted by atomic mass is 10.3. The topological polar surface area (TPSA) is 84.6 Å². The standard InChI is InChI=1S/C13H21N5O2/c1-3-20-9-11-15-10(14)7-12(16-11)18-6-4-5-17(2)13(19)8-18/h7H,3-6,8-9H2,1-2H3,(H2,14,15,16). The third-order valence-corrected chi connectivity index (χ3v) is 3.21. The highest BCUT2D eigenvalue weighted by atomic mass is 16.5. The molecule has 0 spiro atoms. The van der Waals surface area contributed by atoms with Gasteiger partial charge in [-0.3, -0.25) is 4.79 Å². The van der Waals surface area contributed by atoms with Crippen molar-refractivity contribution in [2.75, 3.05) is 43.9 Å². The van der Waals surface area contributed by atoms with Gasteiger partial charge in [-0.1, -0.05) is 0 Å². The van der Waals surface area contributed by atoms with E-state index in [4.69, 9.17) is 10.5 Å². The number of nitrogen functional groups attached to an aromatic ring is 1. The Balaban J connectivity index is 2.18. The molecule has 1 amide bonds. The van der Waals surface area contributed by atoms with Gasteiger partial charge in [-0.05, 0) is 13.3 Å². The molecule has 1 saturated heterocycles. The first-order valence-electron chi connectivity index (χ1n) is 6.80. The molecule has 0 aliphatic carbocycles. The molecule has 2 rings (SSSR count). The molecular weight excluding hydrogens is 258 g/mol. The molecule has 2 heterocycles. The first-order valence-corrected chi connectivity index (χ1v) is 6.80. The predicted octanol–water partition coefficient (Wildman–Crippen LogP) is 0.264. The lowest BCUT2D eigenvalue weighted by Gasteiger charge is -2.21. The number of carbonyl (C=O) groups is 1. The van der Waals surface area contributed by atoms with Crippen molar-refractivity contribution in [3.8, 4) is 0 Å². The van der Waals surface area contributed by atoms with Crippen molar-refractivity contribution in [1.29, 1.82) is 0 Å². The molecule has 0 unspecified atom stereocenters. The molecule has 0 radical (unpaired) electrons. The Bertz CT molecular complexity index is 480. The van der Waals surface area contributed by atoms with E-state index in [0.717, 1.165) is 19.5 Å². The number of hydrogen-bond acceptors (Lipinski definition) is 6. The van der Waals surface area contributed by atoms with Crippen LogP contribution in [-0.4, -0.2) is 54.1 Å². The van der Waals surface area contributed by atoms with E-state index in [2.05, 4.69) is 9.97 Å². The molecule has 1 aromatic rings. The fourth-order valence-electron chi connectivity index (χ4n) is 2.10. The van der Waals surface area contributed by atoms with Crippen LogP contribution in [0, 0.1) is 0 Å². The second kappa shape index (κ2) is 6.51. The zero-order valence-electron chi connectivity index (χ0n) is 12.0. The average Bonchev–Trinajstić information content (AvgIpc) is 2.58. The zero-order chi connectivity index (χ0) is 14.5. The third kappa shape index (κ3) is 3.57. The molecule has 2 N–H and O–H groups in total. The van der Waals surface area contributed by atoms with Gasteiger partial charge in [0, 0.05) is 32.8 Å². The number of nitrogens with zero attached hydrogens (tertiary/aromatic N) is 4. The van der Waals surface area contributed by atoms with Crippen molar-refractivity contribution >= 4 is 17.5 Å². The van der Waals surface area contributed by atoms with E-state index in [9.17, 15) is 4.79 Å². The van der Waals surface area contributed by atoms with Gasteiger partial charge in [0.1, 0.15) is 18.2 Å². The average molecular weight is 279 g/mol. The molecule has 0 atom stereocenters. The molecule has 110 valence electrons. The molecule has 20 heavy (non-hydrogen) atoms. The monoisotopic (exact) mass is 279 g/mol. The van der Waals surface area contributed by atoms with Crippen molar-refractivity contribution in [2.24, 2.45) is 0 Å². The van der Waals surface area contributed by atoms with Gasteiger partial charge < -0.3 is 20.3 Å². The van der Waals surface area contributed by atoms with Crippen molar-refractivity contribution in [3.05, 3.63) is 11.9 Å². The summed E-state index contributed by atoms with van der Waals surface area (Å²) in [7, 11) is 1.82. The van der Waals surface area contributed by atoms with E-state index in [1.54, 1.807) is 11.0 Å². The van der Waals surface area contributed by atoms with Crippen LogP contribution < -0.4 is 10.6 Å². The quantitative estimate of drug-likeness (QED) is 0.851. The molecule has 1 aromatic heterocycles. The second-order valence-corrected chi connectivity index (χ2v) is 4.79. The van der Waals surface area contributed by atoms with E-state index in [0.29, 0.717) is 37.2 Å². The van der Waals surface area contributed by atoms with Crippen LogP contribution in [0.4, 0.5) is 11.6 Å². The van der Waals surface area contributed by atoms with Gasteiger partial charge in [0.15, 0.2) is 5.82 Å². The number of nitrogens with two attached hydrogens (primary N) is 1. The number of ether oxygens (including phenoxy) is 1. The fraction of sp³-hybridized carbons (Fsp3) is 0.615. The van der Waals surface area contributed by atoms with Crippen molar-refractivity contribution < 1.29 is 9.53 Å². The zero-order valence-corrected chi connectivity index (χ0v) is 12.0. The molecule has 0 saturated carbocycles. The van der Waals surface area contributed by atoms with Crippen molar-refractivity contribution in [1.82, 2.24) is 14.9 Å². The molecule has 1 aliphatic heterocycles. The molecular formula is C13H21N5O2. The number of carbonyl (C=O) groups excluding carboxylic acids is 1. The normalized spacial score (nSPS) is 16.4. The fourth-order valence-corrected chi connectivity index (χ4v) is 2.10. The highest BCUT2D eigenvalue weighted by Gasteiger charge is 2.20. The largest absolute Gasteiger partial charge is 0.384 e. The third-order valence-electron chi connectivity index (χ3n) is 3.21. The summed E-state index contributed by atoms with van der Waals surface area (Å²) in [6.07, 6.45) is 0.910. The van der Waals surface area contributed by atoms with Crippen LogP contribution in [0.15, 0.2) is 6.07 Å². The van der Waals surface area contributed by atoms with Crippen molar-refractivity contribution in [3.63, 3.8) is 0 Å². The highest BCUT2D eigenvalue weighted by molar-refractivity contribution is 5.81. The van der Waals surface area contributed by atoms with Crippen LogP contribution >= 0.6 is 0 Å². The summed E-state index contributed by atoms with van der Waals surface area (Å²) in [6, 6.07) is 1.70. The lowest BCUT2D eigenvalue weighted by molar-refractivity contribution is -0.127. The number of likely N-dealkylation sites (N-methyl/N-ethyl adjacent to an activating group) is 1. The first kappa shape index (κ1) is 14.5. The van der Waals surface area contributed by atoms with E-state index in [-0.39, 0.29) is 5.91 Å². The van der Waals surface area contributed by atoms with Gasteiger partial charge in [0.05, 0.1) is 6.54 Å². The Morgan fingerprint density at radius 1 is 1.40 bits per heavy atom. The predicted molar refractivity (Wildman–Crippen MR) is 76.2 cm³/mol. The molecule has 1 fully saturated rings. The van der Waals surface area contributed by atoms with Crippen LogP contribution in [0.3, 0.4) is 0 Å². The van der Waals surface area contributed by atoms with E-state index < -0.39 is 0 Å². The highest BCUT2D eigenvalue weighted by Crippen LogP contribution is 2.17. The Labute approximate surface area is 118 Å². The summed E-state index contributed by atoms with van der Waals surface area (Å²) in [5.41, 5.74) is 5.81. The number of rotatable bonds is 4. The summed E-state index contributed by atoms with van der Waals surface area (Å²) in [5, 5.41) is 0. The number of hydrogen-bond donors (Lipinski definition) is 1. The smallest absolute Gasteiger partial charge is 0.241 e. The molecule has 1 aliphatic rings. The Morgan fingerprint density at radius 3 is 2.95 bits per heavy atom. The van der Waals surface area contributed by atoms with E-state index in [1.165, 1.54) is 0 Å². The van der Waals surface area contributed by atoms with Gasteiger partial charge in [-0.25, -0.2) is 9.97 Å². The van der Waals surface area contributed by atoms with E-state index >= 15 is 0 Å². The Hall–Kier alpha value is -1.89. The summed E-state index contributed by atoms with van der Waals surface area (Å²) < 4.78 is 5.31. The summed E-state index contributed by atoms with van der Waals surface area (Å²) in [4.78, 5) is 24.2. The van der Waals surface area contributed by atoms with Gasteiger partial charge in [-0.15, -0.1) is 0 Å². The first-order chi connectivity index (χ1) is 9.60. The van der Waals surface area contributed by atoms with Crippen LogP contribution in [-0.2, 0) is 16.1 Å². The van der Waals surface area contributed by atoms with Crippen LogP contribution in [0.1, 0.15) is 19.2 Å². The van der Waals surface area contributed by atoms with Crippen LogP contribution in [0.5, 0.6) is 0 Å². The molecule has 0 aromatic carbocycles. The Morgan fingerprint density at radius 2 is 2.20 bits per heavy atom. The molecule has 7 heteroatoms. The minimum atomic E-state index is 0.0889. The summed E-state index contributed by atoms with van der Waals surface area (Å²) >= 11 is 0. The summed E-state index contributed by atoms with van der Waals surface area (Å²) in [6.45, 7) is 4.70. The second-order valence-electron chi connectivity index (χ2n) is 4.79.